The normalized spacial score (nSPS) is 14.3. The molecular formula is C31H40N4O4SSi. The number of nitrogens with zero attached hydrogens (tertiary/aromatic N) is 4. The summed E-state index contributed by atoms with van der Waals surface area (Å²) < 4.78 is 32.5. The van der Waals surface area contributed by atoms with Crippen molar-refractivity contribution in [1.29, 1.82) is 0 Å². The van der Waals surface area contributed by atoms with Gasteiger partial charge in [-0.25, -0.2) is 8.42 Å². The minimum absolute atomic E-state index is 0.0262. The van der Waals surface area contributed by atoms with Crippen LogP contribution in [0.3, 0.4) is 0 Å². The SMILES string of the molecule is Cc1c(-c2ccc(C[SH](=O)=O)cc2)c(=O)n2nc(-c3ccccc3)c(N3CCCCC3)c2n1COCC[Si](C)(C)C. The summed E-state index contributed by atoms with van der Waals surface area (Å²) in [5, 5.41) is 4.98. The van der Waals surface area contributed by atoms with E-state index in [-0.39, 0.29) is 11.3 Å². The first-order valence-electron chi connectivity index (χ1n) is 14.4. The third-order valence-corrected chi connectivity index (χ3v) is 10.1. The second-order valence-electron chi connectivity index (χ2n) is 12.1. The quantitative estimate of drug-likeness (QED) is 0.148. The molecule has 1 fully saturated rings. The molecule has 0 bridgehead atoms. The second kappa shape index (κ2) is 12.3. The molecule has 0 radical (unpaired) electrons. The summed E-state index contributed by atoms with van der Waals surface area (Å²) >= 11 is 0. The van der Waals surface area contributed by atoms with E-state index < -0.39 is 18.8 Å². The second-order valence-corrected chi connectivity index (χ2v) is 18.7. The van der Waals surface area contributed by atoms with Gasteiger partial charge in [-0.05, 0) is 43.4 Å². The van der Waals surface area contributed by atoms with Crippen molar-refractivity contribution in [3.8, 4) is 22.4 Å². The lowest BCUT2D eigenvalue weighted by Gasteiger charge is -2.30. The van der Waals surface area contributed by atoms with Gasteiger partial charge in [0, 0.05) is 39.0 Å². The van der Waals surface area contributed by atoms with Gasteiger partial charge >= 0.3 is 0 Å². The van der Waals surface area contributed by atoms with Gasteiger partial charge in [-0.1, -0.05) is 74.2 Å². The third kappa shape index (κ3) is 6.50. The molecule has 2 aromatic carbocycles. The maximum Gasteiger partial charge on any atom is 0.282 e. The van der Waals surface area contributed by atoms with Crippen LogP contribution in [0, 0.1) is 6.92 Å². The molecule has 0 atom stereocenters. The standard InChI is InChI=1S/C31H40N4O4SSi/c1-23-27(25-15-13-24(14-16-25)21-40(37)38)31(36)35-30(34(23)22-39-19-20-41(2,3)4)29(33-17-9-6-10-18-33)28(32-35)26-11-7-5-8-12-26/h5,7-8,11-16,40H,6,9-10,17-22H2,1-4H3. The predicted molar refractivity (Wildman–Crippen MR) is 169 cm³/mol. The zero-order chi connectivity index (χ0) is 29.1. The van der Waals surface area contributed by atoms with Crippen LogP contribution in [-0.2, 0) is 27.9 Å². The van der Waals surface area contributed by atoms with Crippen LogP contribution in [0.2, 0.25) is 25.7 Å². The molecule has 0 saturated carbocycles. The zero-order valence-electron chi connectivity index (χ0n) is 24.4. The van der Waals surface area contributed by atoms with Crippen LogP contribution < -0.4 is 10.5 Å². The van der Waals surface area contributed by atoms with E-state index in [0.29, 0.717) is 24.5 Å². The Morgan fingerprint density at radius 2 is 1.61 bits per heavy atom. The minimum Gasteiger partial charge on any atom is -0.367 e. The molecule has 0 amide bonds. The highest BCUT2D eigenvalue weighted by atomic mass is 32.2. The molecule has 0 N–H and O–H groups in total. The van der Waals surface area contributed by atoms with Crippen LogP contribution in [0.5, 0.6) is 0 Å². The molecular weight excluding hydrogens is 553 g/mol. The lowest BCUT2D eigenvalue weighted by atomic mass is 10.0. The number of piperidine rings is 1. The van der Waals surface area contributed by atoms with Crippen LogP contribution in [0.25, 0.3) is 28.0 Å². The van der Waals surface area contributed by atoms with Crippen LogP contribution in [0.15, 0.2) is 59.4 Å². The van der Waals surface area contributed by atoms with E-state index in [4.69, 9.17) is 9.84 Å². The van der Waals surface area contributed by atoms with E-state index in [9.17, 15) is 13.2 Å². The molecule has 5 rings (SSSR count). The number of anilines is 1. The number of benzene rings is 2. The molecule has 0 aliphatic carbocycles. The summed E-state index contributed by atoms with van der Waals surface area (Å²) in [6.07, 6.45) is 3.39. The summed E-state index contributed by atoms with van der Waals surface area (Å²) in [6, 6.07) is 18.3. The summed E-state index contributed by atoms with van der Waals surface area (Å²) in [5.74, 6) is -0.0262. The lowest BCUT2D eigenvalue weighted by molar-refractivity contribution is 0.0878. The van der Waals surface area contributed by atoms with Gasteiger partial charge in [-0.2, -0.15) is 9.61 Å². The fourth-order valence-electron chi connectivity index (χ4n) is 5.49. The van der Waals surface area contributed by atoms with Crippen molar-refractivity contribution in [2.45, 2.75) is 64.4 Å². The monoisotopic (exact) mass is 592 g/mol. The largest absolute Gasteiger partial charge is 0.367 e. The molecule has 1 aliphatic rings. The Hall–Kier alpha value is -3.21. The Labute approximate surface area is 244 Å². The molecule has 8 nitrogen and oxygen atoms in total. The lowest BCUT2D eigenvalue weighted by Crippen LogP contribution is -2.31. The molecule has 218 valence electrons. The van der Waals surface area contributed by atoms with Crippen LogP contribution in [-0.4, -0.2) is 50.4 Å². The number of ether oxygens (including phenoxy) is 1. The number of thiol groups is 1. The van der Waals surface area contributed by atoms with Crippen molar-refractivity contribution in [2.75, 3.05) is 24.6 Å². The van der Waals surface area contributed by atoms with Gasteiger partial charge in [0.25, 0.3) is 5.56 Å². The summed E-state index contributed by atoms with van der Waals surface area (Å²) in [7, 11) is -3.81. The predicted octanol–water partition coefficient (Wildman–Crippen LogP) is 5.55. The highest BCUT2D eigenvalue weighted by Gasteiger charge is 2.28. The number of fused-ring (bicyclic) bond motifs is 1. The van der Waals surface area contributed by atoms with Crippen molar-refractivity contribution < 1.29 is 13.2 Å². The van der Waals surface area contributed by atoms with Gasteiger partial charge in [-0.15, -0.1) is 0 Å². The Bertz CT molecular complexity index is 1640. The zero-order valence-corrected chi connectivity index (χ0v) is 26.3. The Balaban J connectivity index is 1.73. The topological polar surface area (TPSA) is 85.9 Å². The number of aromatic nitrogens is 3. The highest BCUT2D eigenvalue weighted by molar-refractivity contribution is 7.71. The molecule has 41 heavy (non-hydrogen) atoms. The van der Waals surface area contributed by atoms with Gasteiger partial charge in [0.05, 0.1) is 11.3 Å². The van der Waals surface area contributed by atoms with E-state index >= 15 is 0 Å². The first-order valence-corrected chi connectivity index (χ1v) is 19.5. The Kier molecular flexibility index (Phi) is 8.81. The molecule has 0 spiro atoms. The number of hydrogen-bond donors (Lipinski definition) is 1. The molecule has 10 heteroatoms. The molecule has 2 aromatic heterocycles. The summed E-state index contributed by atoms with van der Waals surface area (Å²) in [6.45, 7) is 11.8. The first kappa shape index (κ1) is 29.3. The van der Waals surface area contributed by atoms with Crippen molar-refractivity contribution in [1.82, 2.24) is 14.2 Å². The van der Waals surface area contributed by atoms with Gasteiger partial charge in [0.1, 0.15) is 28.8 Å². The first-order chi connectivity index (χ1) is 19.6. The smallest absolute Gasteiger partial charge is 0.282 e. The van der Waals surface area contributed by atoms with E-state index in [1.807, 2.05) is 49.4 Å². The maximum atomic E-state index is 14.2. The van der Waals surface area contributed by atoms with E-state index in [2.05, 4.69) is 29.1 Å². The van der Waals surface area contributed by atoms with Crippen LogP contribution in [0.4, 0.5) is 5.69 Å². The average molecular weight is 593 g/mol. The van der Waals surface area contributed by atoms with Gasteiger partial charge < -0.3 is 14.2 Å². The van der Waals surface area contributed by atoms with Gasteiger partial charge in [0.15, 0.2) is 5.65 Å². The van der Waals surface area contributed by atoms with Crippen LogP contribution >= 0.6 is 0 Å². The van der Waals surface area contributed by atoms with Gasteiger partial charge in [-0.3, -0.25) is 4.79 Å². The van der Waals surface area contributed by atoms with Gasteiger partial charge in [0.2, 0.25) is 0 Å². The summed E-state index contributed by atoms with van der Waals surface area (Å²) in [4.78, 5) is 16.6. The van der Waals surface area contributed by atoms with E-state index in [0.717, 1.165) is 65.8 Å². The Morgan fingerprint density at radius 3 is 2.24 bits per heavy atom. The highest BCUT2D eigenvalue weighted by Crippen LogP contribution is 2.37. The molecule has 4 aromatic rings. The fourth-order valence-corrected chi connectivity index (χ4v) is 6.75. The van der Waals surface area contributed by atoms with Crippen molar-refractivity contribution in [3.05, 3.63) is 76.2 Å². The van der Waals surface area contributed by atoms with Crippen molar-refractivity contribution >= 4 is 30.1 Å². The van der Waals surface area contributed by atoms with Crippen molar-refractivity contribution in [3.63, 3.8) is 0 Å². The molecule has 3 heterocycles. The molecule has 1 saturated heterocycles. The van der Waals surface area contributed by atoms with E-state index in [1.165, 1.54) is 6.42 Å². The average Bonchev–Trinajstić information content (AvgIpc) is 3.34. The molecule has 0 unspecified atom stereocenters. The third-order valence-electron chi connectivity index (χ3n) is 7.76. The van der Waals surface area contributed by atoms with E-state index in [1.54, 1.807) is 16.6 Å². The number of hydrogen-bond acceptors (Lipinski definition) is 6. The summed E-state index contributed by atoms with van der Waals surface area (Å²) in [5.41, 5.74) is 6.06. The minimum atomic E-state index is -2.53. The maximum absolute atomic E-state index is 14.2. The fraction of sp³-hybridized carbons (Fsp3) is 0.419. The van der Waals surface area contributed by atoms with Crippen molar-refractivity contribution in [2.24, 2.45) is 0 Å². The Morgan fingerprint density at radius 1 is 0.927 bits per heavy atom. The molecule has 1 aliphatic heterocycles. The number of rotatable bonds is 10. The van der Waals surface area contributed by atoms with Crippen LogP contribution in [0.1, 0.15) is 30.5 Å².